The number of carbonyl (C=O) groups is 1. The first kappa shape index (κ1) is 16.1. The average Bonchev–Trinajstić information content (AvgIpc) is 2.74. The third kappa shape index (κ3) is 3.42. The molecule has 1 aromatic heterocycles. The van der Waals surface area contributed by atoms with Gasteiger partial charge in [-0.3, -0.25) is 4.21 Å². The minimum atomic E-state index is -0.919. The minimum absolute atomic E-state index is 0.0302. The van der Waals surface area contributed by atoms with Crippen molar-refractivity contribution in [2.45, 2.75) is 31.7 Å². The molecule has 1 N–H and O–H groups in total. The summed E-state index contributed by atoms with van der Waals surface area (Å²) in [4.78, 5) is 14.3. The van der Waals surface area contributed by atoms with Crippen molar-refractivity contribution in [3.8, 4) is 0 Å². The number of rotatable bonds is 3. The zero-order valence-corrected chi connectivity index (χ0v) is 14.4. The number of nitrogens with one attached hydrogen (secondary N) is 1. The molecule has 124 valence electrons. The van der Waals surface area contributed by atoms with Crippen LogP contribution in [0.5, 0.6) is 0 Å². The van der Waals surface area contributed by atoms with Crippen molar-refractivity contribution in [2.75, 3.05) is 19.3 Å². The Kier molecular flexibility index (Phi) is 4.71. The molecule has 0 spiro atoms. The number of hydrogen-bond donors (Lipinski definition) is 1. The van der Waals surface area contributed by atoms with E-state index in [9.17, 15) is 9.00 Å². The van der Waals surface area contributed by atoms with Crippen LogP contribution in [0.3, 0.4) is 0 Å². The molecule has 3 rings (SSSR count). The summed E-state index contributed by atoms with van der Waals surface area (Å²) in [5.41, 5.74) is 2.41. The fraction of sp³-hybridized carbons (Fsp3) is 0.471. The van der Waals surface area contributed by atoms with Gasteiger partial charge < -0.3 is 14.8 Å². The van der Waals surface area contributed by atoms with Gasteiger partial charge in [0.2, 0.25) is 0 Å². The van der Waals surface area contributed by atoms with Crippen molar-refractivity contribution in [3.05, 3.63) is 36.0 Å². The molecule has 2 atom stereocenters. The van der Waals surface area contributed by atoms with Gasteiger partial charge in [0, 0.05) is 53.2 Å². The van der Waals surface area contributed by atoms with Gasteiger partial charge in [-0.2, -0.15) is 0 Å². The van der Waals surface area contributed by atoms with Crippen LogP contribution in [0.1, 0.15) is 19.0 Å². The van der Waals surface area contributed by atoms with Crippen LogP contribution in [0, 0.1) is 0 Å². The Morgan fingerprint density at radius 1 is 1.35 bits per heavy atom. The Hall–Kier alpha value is -1.82. The molecule has 0 fully saturated rings. The monoisotopic (exact) mass is 333 g/mol. The number of fused-ring (bicyclic) bond motifs is 3. The molecular formula is C17H23N3O2S. The van der Waals surface area contributed by atoms with E-state index in [0.29, 0.717) is 13.1 Å². The molecule has 0 aliphatic carbocycles. The van der Waals surface area contributed by atoms with Crippen molar-refractivity contribution in [3.63, 3.8) is 0 Å². The van der Waals surface area contributed by atoms with Gasteiger partial charge in [0.1, 0.15) is 0 Å². The number of para-hydroxylation sites is 1. The van der Waals surface area contributed by atoms with Crippen LogP contribution in [0.25, 0.3) is 10.9 Å². The molecule has 1 aliphatic heterocycles. The van der Waals surface area contributed by atoms with Crippen LogP contribution in [0.2, 0.25) is 0 Å². The molecule has 2 amide bonds. The third-order valence-electron chi connectivity index (χ3n) is 4.45. The Morgan fingerprint density at radius 2 is 2.13 bits per heavy atom. The Balaban J connectivity index is 1.73. The van der Waals surface area contributed by atoms with Crippen LogP contribution in [0.4, 0.5) is 4.79 Å². The molecule has 0 radical (unpaired) electrons. The van der Waals surface area contributed by atoms with Crippen molar-refractivity contribution in [2.24, 2.45) is 0 Å². The molecule has 23 heavy (non-hydrogen) atoms. The lowest BCUT2D eigenvalue weighted by Crippen LogP contribution is -2.42. The van der Waals surface area contributed by atoms with Crippen LogP contribution in [-0.2, 0) is 23.9 Å². The van der Waals surface area contributed by atoms with Crippen LogP contribution >= 0.6 is 0 Å². The molecular weight excluding hydrogens is 310 g/mol. The Morgan fingerprint density at radius 3 is 2.91 bits per heavy atom. The van der Waals surface area contributed by atoms with E-state index in [0.717, 1.165) is 19.5 Å². The number of amides is 2. The number of aromatic nitrogens is 1. The van der Waals surface area contributed by atoms with Gasteiger partial charge in [-0.1, -0.05) is 18.2 Å². The summed E-state index contributed by atoms with van der Waals surface area (Å²) in [5, 5.41) is 4.10. The molecule has 5 nitrogen and oxygen atoms in total. The van der Waals surface area contributed by atoms with Crippen molar-refractivity contribution in [1.82, 2.24) is 14.8 Å². The molecule has 1 aliphatic rings. The van der Waals surface area contributed by atoms with E-state index in [1.807, 2.05) is 17.9 Å². The molecule has 0 saturated carbocycles. The first-order valence-corrected chi connectivity index (χ1v) is 9.60. The SMILES string of the molecule is CC(CNC(=O)N1CCCn2c(cc3ccccc32)C1)S(C)=O. The fourth-order valence-corrected chi connectivity index (χ4v) is 3.31. The van der Waals surface area contributed by atoms with E-state index in [1.54, 1.807) is 6.26 Å². The summed E-state index contributed by atoms with van der Waals surface area (Å²) >= 11 is 0. The first-order valence-electron chi connectivity index (χ1n) is 7.98. The van der Waals surface area contributed by atoms with Crippen molar-refractivity contribution < 1.29 is 9.00 Å². The topological polar surface area (TPSA) is 54.3 Å². The van der Waals surface area contributed by atoms with Crippen molar-refractivity contribution in [1.29, 1.82) is 0 Å². The highest BCUT2D eigenvalue weighted by molar-refractivity contribution is 7.84. The van der Waals surface area contributed by atoms with E-state index < -0.39 is 10.8 Å². The summed E-state index contributed by atoms with van der Waals surface area (Å²) in [6, 6.07) is 10.4. The largest absolute Gasteiger partial charge is 0.343 e. The normalized spacial score (nSPS) is 17.4. The molecule has 0 bridgehead atoms. The van der Waals surface area contributed by atoms with Gasteiger partial charge in [-0.15, -0.1) is 0 Å². The van der Waals surface area contributed by atoms with E-state index in [1.165, 1.54) is 16.6 Å². The highest BCUT2D eigenvalue weighted by Crippen LogP contribution is 2.23. The maximum absolute atomic E-state index is 12.4. The molecule has 1 aromatic carbocycles. The number of benzene rings is 1. The Labute approximate surface area is 139 Å². The minimum Gasteiger partial charge on any atom is -0.343 e. The van der Waals surface area contributed by atoms with Crippen molar-refractivity contribution >= 4 is 27.7 Å². The van der Waals surface area contributed by atoms with Gasteiger partial charge >= 0.3 is 6.03 Å². The van der Waals surface area contributed by atoms with Gasteiger partial charge in [-0.25, -0.2) is 4.79 Å². The Bertz CT molecular complexity index is 741. The zero-order valence-electron chi connectivity index (χ0n) is 13.6. The van der Waals surface area contributed by atoms with E-state index in [-0.39, 0.29) is 11.3 Å². The van der Waals surface area contributed by atoms with Gasteiger partial charge in [-0.05, 0) is 30.9 Å². The molecule has 0 saturated heterocycles. The summed E-state index contributed by atoms with van der Waals surface area (Å²) in [7, 11) is -0.919. The van der Waals surface area contributed by atoms with Gasteiger partial charge in [0.25, 0.3) is 0 Å². The molecule has 2 heterocycles. The van der Waals surface area contributed by atoms with Crippen LogP contribution < -0.4 is 5.32 Å². The standard InChI is InChI=1S/C17H23N3O2S/c1-13(23(2)22)11-18-17(21)19-8-5-9-20-15(12-19)10-14-6-3-4-7-16(14)20/h3-4,6-7,10,13H,5,8-9,11-12H2,1-2H3,(H,18,21). The quantitative estimate of drug-likeness (QED) is 0.937. The third-order valence-corrected chi connectivity index (χ3v) is 5.75. The lowest BCUT2D eigenvalue weighted by Gasteiger charge is -2.21. The van der Waals surface area contributed by atoms with E-state index >= 15 is 0 Å². The number of urea groups is 1. The lowest BCUT2D eigenvalue weighted by molar-refractivity contribution is 0.196. The molecule has 2 aromatic rings. The van der Waals surface area contributed by atoms with Crippen LogP contribution in [0.15, 0.2) is 30.3 Å². The predicted octanol–water partition coefficient (Wildman–Crippen LogP) is 2.32. The molecule has 2 unspecified atom stereocenters. The summed E-state index contributed by atoms with van der Waals surface area (Å²) < 4.78 is 13.7. The van der Waals surface area contributed by atoms with Crippen LogP contribution in [-0.4, -0.2) is 44.3 Å². The van der Waals surface area contributed by atoms with Gasteiger partial charge in [0.05, 0.1) is 6.54 Å². The fourth-order valence-electron chi connectivity index (χ4n) is 2.99. The average molecular weight is 333 g/mol. The zero-order chi connectivity index (χ0) is 16.4. The molecule has 6 heteroatoms. The number of carbonyl (C=O) groups excluding carboxylic acids is 1. The smallest absolute Gasteiger partial charge is 0.317 e. The second kappa shape index (κ2) is 6.74. The number of hydrogen-bond acceptors (Lipinski definition) is 2. The summed E-state index contributed by atoms with van der Waals surface area (Å²) in [6.07, 6.45) is 2.61. The summed E-state index contributed by atoms with van der Waals surface area (Å²) in [5.74, 6) is 0. The number of nitrogens with zero attached hydrogens (tertiary/aromatic N) is 2. The second-order valence-corrected chi connectivity index (χ2v) is 7.92. The predicted molar refractivity (Wildman–Crippen MR) is 93.9 cm³/mol. The highest BCUT2D eigenvalue weighted by Gasteiger charge is 2.21. The van der Waals surface area contributed by atoms with Gasteiger partial charge in [0.15, 0.2) is 0 Å². The number of aryl methyl sites for hydroxylation is 1. The van der Waals surface area contributed by atoms with E-state index in [4.69, 9.17) is 0 Å². The highest BCUT2D eigenvalue weighted by atomic mass is 32.2. The maximum atomic E-state index is 12.4. The maximum Gasteiger partial charge on any atom is 0.317 e. The first-order chi connectivity index (χ1) is 11.1. The summed E-state index contributed by atoms with van der Waals surface area (Å²) in [6.45, 7) is 4.62. The van der Waals surface area contributed by atoms with E-state index in [2.05, 4.69) is 34.1 Å². The lowest BCUT2D eigenvalue weighted by atomic mass is 10.2. The second-order valence-electron chi connectivity index (χ2n) is 6.12.